The number of nitrogens with zero attached hydrogens (tertiary/aromatic N) is 4. The number of pyridine rings is 1. The fourth-order valence-corrected chi connectivity index (χ4v) is 3.09. The predicted molar refractivity (Wildman–Crippen MR) is 115 cm³/mol. The first-order valence-corrected chi connectivity index (χ1v) is 10.5. The number of unbranched alkanes of at least 4 members (excludes halogenated alkanes) is 6. The van der Waals surface area contributed by atoms with Crippen LogP contribution in [0.1, 0.15) is 65.2 Å². The highest BCUT2D eigenvalue weighted by Gasteiger charge is 2.06. The lowest BCUT2D eigenvalue weighted by Gasteiger charge is -2.25. The summed E-state index contributed by atoms with van der Waals surface area (Å²) in [6.45, 7) is 6.82. The lowest BCUT2D eigenvalue weighted by Crippen LogP contribution is -2.25. The number of azo groups is 1. The van der Waals surface area contributed by atoms with Crippen molar-refractivity contribution in [2.75, 3.05) is 18.0 Å². The van der Waals surface area contributed by atoms with Gasteiger partial charge in [0.15, 0.2) is 0 Å². The van der Waals surface area contributed by atoms with E-state index in [0.717, 1.165) is 24.5 Å². The number of hydrogen-bond acceptors (Lipinski definition) is 4. The first-order valence-electron chi connectivity index (χ1n) is 10.5. The Kier molecular flexibility index (Phi) is 10.2. The molecule has 0 aliphatic carbocycles. The van der Waals surface area contributed by atoms with E-state index in [1.807, 2.05) is 12.1 Å². The molecule has 0 amide bonds. The first-order chi connectivity index (χ1) is 13.3. The van der Waals surface area contributed by atoms with E-state index in [0.29, 0.717) is 0 Å². The van der Waals surface area contributed by atoms with Crippen LogP contribution < -0.4 is 4.90 Å². The van der Waals surface area contributed by atoms with E-state index in [1.54, 1.807) is 12.4 Å². The minimum absolute atomic E-state index is 0.822. The van der Waals surface area contributed by atoms with Crippen LogP contribution in [0.3, 0.4) is 0 Å². The highest BCUT2D eigenvalue weighted by Crippen LogP contribution is 2.23. The van der Waals surface area contributed by atoms with Gasteiger partial charge in [0.2, 0.25) is 0 Å². The smallest absolute Gasteiger partial charge is 0.0887 e. The Bertz CT molecular complexity index is 625. The van der Waals surface area contributed by atoms with Crippen molar-refractivity contribution in [1.29, 1.82) is 0 Å². The molecule has 1 aromatic heterocycles. The summed E-state index contributed by atoms with van der Waals surface area (Å²) in [6.07, 6.45) is 13.9. The fraction of sp³-hybridized carbons (Fsp3) is 0.522. The third-order valence-corrected chi connectivity index (χ3v) is 4.72. The highest BCUT2D eigenvalue weighted by molar-refractivity contribution is 5.52. The van der Waals surface area contributed by atoms with Gasteiger partial charge in [0.1, 0.15) is 0 Å². The van der Waals surface area contributed by atoms with E-state index in [9.17, 15) is 0 Å². The zero-order chi connectivity index (χ0) is 19.2. The molecule has 0 saturated heterocycles. The van der Waals surface area contributed by atoms with Crippen molar-refractivity contribution in [3.63, 3.8) is 0 Å². The van der Waals surface area contributed by atoms with Gasteiger partial charge in [0, 0.05) is 31.2 Å². The minimum atomic E-state index is 0.822. The van der Waals surface area contributed by atoms with Crippen LogP contribution in [0.15, 0.2) is 59.0 Å². The molecule has 0 spiro atoms. The van der Waals surface area contributed by atoms with Crippen molar-refractivity contribution >= 4 is 17.1 Å². The monoisotopic (exact) mass is 366 g/mol. The fourth-order valence-electron chi connectivity index (χ4n) is 3.09. The average molecular weight is 367 g/mol. The number of anilines is 1. The second kappa shape index (κ2) is 13.0. The first kappa shape index (κ1) is 21.1. The van der Waals surface area contributed by atoms with Gasteiger partial charge < -0.3 is 4.90 Å². The van der Waals surface area contributed by atoms with Gasteiger partial charge in [-0.1, -0.05) is 52.4 Å². The van der Waals surface area contributed by atoms with Crippen molar-refractivity contribution < 1.29 is 0 Å². The molecule has 4 nitrogen and oxygen atoms in total. The van der Waals surface area contributed by atoms with Crippen LogP contribution in [0.5, 0.6) is 0 Å². The molecular formula is C23H34N4. The molecule has 0 fully saturated rings. The summed E-state index contributed by atoms with van der Waals surface area (Å²) < 4.78 is 0. The van der Waals surface area contributed by atoms with E-state index in [4.69, 9.17) is 0 Å². The minimum Gasteiger partial charge on any atom is -0.372 e. The Labute approximate surface area is 164 Å². The van der Waals surface area contributed by atoms with Crippen LogP contribution in [0, 0.1) is 0 Å². The topological polar surface area (TPSA) is 40.9 Å². The van der Waals surface area contributed by atoms with Gasteiger partial charge in [-0.3, -0.25) is 4.98 Å². The summed E-state index contributed by atoms with van der Waals surface area (Å²) in [5.74, 6) is 0. The largest absolute Gasteiger partial charge is 0.372 e. The maximum atomic E-state index is 4.33. The second-order valence-electron chi connectivity index (χ2n) is 7.03. The molecule has 0 radical (unpaired) electrons. The van der Waals surface area contributed by atoms with Gasteiger partial charge in [-0.2, -0.15) is 10.2 Å². The third-order valence-electron chi connectivity index (χ3n) is 4.72. The summed E-state index contributed by atoms with van der Waals surface area (Å²) in [4.78, 5) is 6.53. The summed E-state index contributed by atoms with van der Waals surface area (Å²) in [7, 11) is 0. The van der Waals surface area contributed by atoms with Gasteiger partial charge in [-0.15, -0.1) is 0 Å². The number of benzene rings is 1. The predicted octanol–water partition coefficient (Wildman–Crippen LogP) is 7.46. The zero-order valence-electron chi connectivity index (χ0n) is 17.0. The maximum absolute atomic E-state index is 4.33. The molecule has 27 heavy (non-hydrogen) atoms. The molecule has 0 aliphatic rings. The molecule has 1 aromatic carbocycles. The molecule has 0 saturated carbocycles. The van der Waals surface area contributed by atoms with Crippen LogP contribution >= 0.6 is 0 Å². The number of rotatable bonds is 13. The molecule has 0 N–H and O–H groups in total. The molecule has 0 unspecified atom stereocenters. The summed E-state index contributed by atoms with van der Waals surface area (Å²) in [5.41, 5.74) is 3.00. The molecule has 0 bridgehead atoms. The number of hydrogen-bond donors (Lipinski definition) is 0. The summed E-state index contributed by atoms with van der Waals surface area (Å²) >= 11 is 0. The summed E-state index contributed by atoms with van der Waals surface area (Å²) in [5, 5.41) is 8.59. The van der Waals surface area contributed by atoms with Crippen molar-refractivity contribution in [2.24, 2.45) is 10.2 Å². The maximum Gasteiger partial charge on any atom is 0.0887 e. The van der Waals surface area contributed by atoms with E-state index < -0.39 is 0 Å². The van der Waals surface area contributed by atoms with Gasteiger partial charge in [0.05, 0.1) is 11.4 Å². The molecule has 4 heteroatoms. The van der Waals surface area contributed by atoms with E-state index in [-0.39, 0.29) is 0 Å². The van der Waals surface area contributed by atoms with E-state index in [2.05, 4.69) is 58.2 Å². The van der Waals surface area contributed by atoms with Crippen LogP contribution in [0.25, 0.3) is 0 Å². The molecule has 2 rings (SSSR count). The Morgan fingerprint density at radius 1 is 0.667 bits per heavy atom. The van der Waals surface area contributed by atoms with Crippen LogP contribution in [-0.4, -0.2) is 18.1 Å². The number of aromatic nitrogens is 1. The standard InChI is InChI=1S/C23H34N4/c1-3-5-7-9-19-27(20-10-8-6-4-2)23-13-11-21(12-14-23)25-26-22-15-17-24-18-16-22/h11-18H,3-10,19-20H2,1-2H3. The zero-order valence-corrected chi connectivity index (χ0v) is 17.0. The van der Waals surface area contributed by atoms with Crippen LogP contribution in [0.4, 0.5) is 17.1 Å². The Balaban J connectivity index is 1.95. The quantitative estimate of drug-likeness (QED) is 0.272. The van der Waals surface area contributed by atoms with E-state index in [1.165, 1.54) is 57.1 Å². The molecule has 2 aromatic rings. The van der Waals surface area contributed by atoms with Crippen molar-refractivity contribution in [2.45, 2.75) is 65.2 Å². The van der Waals surface area contributed by atoms with Gasteiger partial charge >= 0.3 is 0 Å². The van der Waals surface area contributed by atoms with Gasteiger partial charge in [-0.25, -0.2) is 0 Å². The van der Waals surface area contributed by atoms with Crippen molar-refractivity contribution in [3.8, 4) is 0 Å². The molecule has 0 aliphatic heterocycles. The Morgan fingerprint density at radius 3 is 1.70 bits per heavy atom. The Hall–Kier alpha value is -2.23. The lowest BCUT2D eigenvalue weighted by atomic mass is 10.1. The molecule has 0 atom stereocenters. The summed E-state index contributed by atoms with van der Waals surface area (Å²) in [6, 6.07) is 12.2. The lowest BCUT2D eigenvalue weighted by molar-refractivity contribution is 0.609. The Morgan fingerprint density at radius 2 is 1.19 bits per heavy atom. The van der Waals surface area contributed by atoms with Gasteiger partial charge in [0.25, 0.3) is 0 Å². The molecule has 146 valence electrons. The van der Waals surface area contributed by atoms with Crippen molar-refractivity contribution in [1.82, 2.24) is 4.98 Å². The molecule has 1 heterocycles. The van der Waals surface area contributed by atoms with Crippen molar-refractivity contribution in [3.05, 3.63) is 48.8 Å². The third kappa shape index (κ3) is 8.33. The van der Waals surface area contributed by atoms with Gasteiger partial charge in [-0.05, 0) is 49.2 Å². The normalized spacial score (nSPS) is 11.2. The van der Waals surface area contributed by atoms with Crippen LogP contribution in [0.2, 0.25) is 0 Å². The SMILES string of the molecule is CCCCCCN(CCCCCC)c1ccc(N=Nc2ccncc2)cc1. The van der Waals surface area contributed by atoms with E-state index >= 15 is 0 Å². The highest BCUT2D eigenvalue weighted by atomic mass is 15.1. The second-order valence-corrected chi connectivity index (χ2v) is 7.03. The molecular weight excluding hydrogens is 332 g/mol. The average Bonchev–Trinajstić information content (AvgIpc) is 2.72. The van der Waals surface area contributed by atoms with Crippen LogP contribution in [-0.2, 0) is 0 Å².